The third-order valence-corrected chi connectivity index (χ3v) is 6.85. The number of hydrogen-bond donors (Lipinski definition) is 2. The molecule has 0 fully saturated rings. The van der Waals surface area contributed by atoms with Crippen LogP contribution in [0.5, 0.6) is 0 Å². The average molecular weight is 540 g/mol. The highest BCUT2D eigenvalue weighted by Crippen LogP contribution is 2.41. The van der Waals surface area contributed by atoms with Gasteiger partial charge in [-0.2, -0.15) is 22.6 Å². The van der Waals surface area contributed by atoms with E-state index in [9.17, 15) is 23.5 Å². The Hall–Kier alpha value is -4.29. The van der Waals surface area contributed by atoms with Crippen LogP contribution in [0.1, 0.15) is 29.1 Å². The molecule has 3 heterocycles. The number of aromatic amines is 1. The highest BCUT2D eigenvalue weighted by Gasteiger charge is 2.48. The van der Waals surface area contributed by atoms with Crippen molar-refractivity contribution in [3.8, 4) is 28.1 Å². The fraction of sp³-hybridized carbons (Fsp3) is 0.160. The van der Waals surface area contributed by atoms with Crippen molar-refractivity contribution in [1.29, 1.82) is 0 Å². The summed E-state index contributed by atoms with van der Waals surface area (Å²) in [5.74, 6) is 0.126. The van der Waals surface area contributed by atoms with Gasteiger partial charge in [-0.1, -0.05) is 23.7 Å². The van der Waals surface area contributed by atoms with Gasteiger partial charge in [0.2, 0.25) is 11.3 Å². The summed E-state index contributed by atoms with van der Waals surface area (Å²) in [5.41, 5.74) is 0.920. The molecule has 13 heteroatoms. The van der Waals surface area contributed by atoms with Gasteiger partial charge in [0.15, 0.2) is 6.20 Å². The first-order valence-corrected chi connectivity index (χ1v) is 11.8. The van der Waals surface area contributed by atoms with Crippen LogP contribution in [0.3, 0.4) is 0 Å². The standard InChI is InChI=1S/C25H17ClF3N7O2/c26-18-5-6-21(35-13-31-33-34-35)19(10-18)16-9-15-7-8-24(37,22(15)36(38)12-16)23-30-11-20(32-23)14-1-3-17(4-2-14)25(27,28)29/h1-6,9-13,37H,7-8H2,(H,30,32). The molecule has 1 aliphatic rings. The molecule has 5 aromatic rings. The number of aromatic nitrogens is 7. The molecule has 38 heavy (non-hydrogen) atoms. The molecule has 1 unspecified atom stereocenters. The van der Waals surface area contributed by atoms with Gasteiger partial charge in [-0.25, -0.2) is 4.98 Å². The van der Waals surface area contributed by atoms with Crippen LogP contribution >= 0.6 is 11.6 Å². The molecule has 1 atom stereocenters. The van der Waals surface area contributed by atoms with Gasteiger partial charge in [-0.15, -0.1) is 5.10 Å². The van der Waals surface area contributed by atoms with Gasteiger partial charge in [-0.05, 0) is 65.2 Å². The Morgan fingerprint density at radius 1 is 1.11 bits per heavy atom. The molecule has 2 N–H and O–H groups in total. The number of halogens is 4. The van der Waals surface area contributed by atoms with E-state index in [1.54, 1.807) is 24.3 Å². The van der Waals surface area contributed by atoms with E-state index < -0.39 is 17.3 Å². The number of aliphatic hydroxyl groups is 1. The quantitative estimate of drug-likeness (QED) is 0.261. The SMILES string of the molecule is [O-][n+]1cc(-c2cc(Cl)ccc2-n2cnnn2)cc2c1C(O)(c1ncc(-c3ccc(C(F)(F)F)cc3)[nH]1)CC2. The van der Waals surface area contributed by atoms with E-state index in [1.807, 2.05) is 0 Å². The number of aryl methyl sites for hydroxylation is 1. The minimum absolute atomic E-state index is 0.126. The molecule has 1 aliphatic carbocycles. The van der Waals surface area contributed by atoms with Crippen LogP contribution < -0.4 is 4.73 Å². The highest BCUT2D eigenvalue weighted by atomic mass is 35.5. The van der Waals surface area contributed by atoms with Gasteiger partial charge < -0.3 is 15.3 Å². The van der Waals surface area contributed by atoms with E-state index in [0.29, 0.717) is 49.8 Å². The summed E-state index contributed by atoms with van der Waals surface area (Å²) >= 11 is 6.24. The van der Waals surface area contributed by atoms with E-state index in [4.69, 9.17) is 11.6 Å². The van der Waals surface area contributed by atoms with Crippen LogP contribution in [0, 0.1) is 5.21 Å². The summed E-state index contributed by atoms with van der Waals surface area (Å²) in [6, 6.07) is 11.5. The molecular formula is C25H17ClF3N7O2. The van der Waals surface area contributed by atoms with Crippen molar-refractivity contribution < 1.29 is 23.0 Å². The number of benzene rings is 2. The molecule has 192 valence electrons. The second-order valence-electron chi connectivity index (χ2n) is 8.93. The van der Waals surface area contributed by atoms with Crippen LogP contribution in [-0.2, 0) is 18.2 Å². The largest absolute Gasteiger partial charge is 0.618 e. The minimum Gasteiger partial charge on any atom is -0.618 e. The number of alkyl halides is 3. The Labute approximate surface area is 217 Å². The van der Waals surface area contributed by atoms with Crippen molar-refractivity contribution in [2.45, 2.75) is 24.6 Å². The molecule has 0 saturated carbocycles. The Morgan fingerprint density at radius 3 is 2.61 bits per heavy atom. The number of nitrogens with zero attached hydrogens (tertiary/aromatic N) is 6. The Morgan fingerprint density at radius 2 is 1.89 bits per heavy atom. The number of fused-ring (bicyclic) bond motifs is 1. The first kappa shape index (κ1) is 24.1. The van der Waals surface area contributed by atoms with Crippen molar-refractivity contribution in [2.75, 3.05) is 0 Å². The predicted molar refractivity (Wildman–Crippen MR) is 129 cm³/mol. The Kier molecular flexibility index (Phi) is 5.47. The summed E-state index contributed by atoms with van der Waals surface area (Å²) in [7, 11) is 0. The average Bonchev–Trinajstić information content (AvgIpc) is 3.65. The maximum atomic E-state index is 13.3. The zero-order valence-corrected chi connectivity index (χ0v) is 20.1. The van der Waals surface area contributed by atoms with Crippen LogP contribution in [0.15, 0.2) is 67.3 Å². The Bertz CT molecular complexity index is 1650. The molecule has 0 aliphatic heterocycles. The first-order chi connectivity index (χ1) is 18.1. The molecule has 2 aromatic carbocycles. The van der Waals surface area contributed by atoms with Crippen LogP contribution in [0.4, 0.5) is 13.2 Å². The number of imidazole rings is 1. The summed E-state index contributed by atoms with van der Waals surface area (Å²) in [6.45, 7) is 0. The van der Waals surface area contributed by atoms with Gasteiger partial charge in [0.05, 0.1) is 23.1 Å². The number of H-pyrrole nitrogens is 1. The summed E-state index contributed by atoms with van der Waals surface area (Å²) < 4.78 is 40.8. The molecule has 3 aromatic heterocycles. The van der Waals surface area contributed by atoms with Crippen LogP contribution in [-0.4, -0.2) is 35.3 Å². The molecule has 9 nitrogen and oxygen atoms in total. The van der Waals surface area contributed by atoms with Crippen molar-refractivity contribution in [1.82, 2.24) is 30.2 Å². The second kappa shape index (κ2) is 8.64. The summed E-state index contributed by atoms with van der Waals surface area (Å²) in [6.07, 6.45) is 0.312. The van der Waals surface area contributed by atoms with Gasteiger partial charge in [-0.3, -0.25) is 0 Å². The summed E-state index contributed by atoms with van der Waals surface area (Å²) in [5, 5.41) is 36.6. The second-order valence-corrected chi connectivity index (χ2v) is 9.36. The minimum atomic E-state index is -4.45. The van der Waals surface area contributed by atoms with E-state index in [2.05, 4.69) is 25.5 Å². The molecule has 0 spiro atoms. The number of nitrogens with one attached hydrogen (secondary N) is 1. The lowest BCUT2D eigenvalue weighted by Gasteiger charge is -2.20. The molecule has 0 radical (unpaired) electrons. The zero-order valence-electron chi connectivity index (χ0n) is 19.3. The van der Waals surface area contributed by atoms with Gasteiger partial charge in [0.1, 0.15) is 12.2 Å². The summed E-state index contributed by atoms with van der Waals surface area (Å²) in [4.78, 5) is 7.26. The molecule has 6 rings (SSSR count). The number of rotatable bonds is 4. The third kappa shape index (κ3) is 3.98. The van der Waals surface area contributed by atoms with E-state index in [0.717, 1.165) is 12.1 Å². The number of pyridine rings is 1. The maximum absolute atomic E-state index is 13.3. The first-order valence-electron chi connectivity index (χ1n) is 11.4. The van der Waals surface area contributed by atoms with Gasteiger partial charge >= 0.3 is 6.18 Å². The topological polar surface area (TPSA) is 119 Å². The maximum Gasteiger partial charge on any atom is 0.416 e. The number of tetrazole rings is 1. The van der Waals surface area contributed by atoms with Crippen molar-refractivity contribution in [3.63, 3.8) is 0 Å². The lowest BCUT2D eigenvalue weighted by molar-refractivity contribution is -0.620. The number of hydrogen-bond acceptors (Lipinski definition) is 6. The molecule has 0 bridgehead atoms. The third-order valence-electron chi connectivity index (χ3n) is 6.61. The normalized spacial score (nSPS) is 17.1. The van der Waals surface area contributed by atoms with Crippen molar-refractivity contribution >= 4 is 11.6 Å². The molecular weight excluding hydrogens is 523 g/mol. The van der Waals surface area contributed by atoms with E-state index >= 15 is 0 Å². The lowest BCUT2D eigenvalue weighted by atomic mass is 9.98. The van der Waals surface area contributed by atoms with Crippen LogP contribution in [0.2, 0.25) is 5.02 Å². The molecule has 0 amide bonds. The zero-order chi connectivity index (χ0) is 26.7. The Balaban J connectivity index is 1.37. The van der Waals surface area contributed by atoms with E-state index in [-0.39, 0.29) is 17.9 Å². The highest BCUT2D eigenvalue weighted by molar-refractivity contribution is 6.31. The lowest BCUT2D eigenvalue weighted by Crippen LogP contribution is -2.42. The van der Waals surface area contributed by atoms with Crippen molar-refractivity contribution in [3.05, 3.63) is 100 Å². The van der Waals surface area contributed by atoms with Gasteiger partial charge in [0.25, 0.3) is 0 Å². The van der Waals surface area contributed by atoms with E-state index in [1.165, 1.54) is 35.5 Å². The van der Waals surface area contributed by atoms with Gasteiger partial charge in [0, 0.05) is 21.7 Å². The monoisotopic (exact) mass is 539 g/mol. The molecule has 0 saturated heterocycles. The predicted octanol–water partition coefficient (Wildman–Crippen LogP) is 4.21. The fourth-order valence-electron chi connectivity index (χ4n) is 4.80. The van der Waals surface area contributed by atoms with Crippen molar-refractivity contribution in [2.24, 2.45) is 0 Å². The fourth-order valence-corrected chi connectivity index (χ4v) is 4.98. The van der Waals surface area contributed by atoms with Crippen LogP contribution in [0.25, 0.3) is 28.1 Å². The smallest absolute Gasteiger partial charge is 0.416 e.